The van der Waals surface area contributed by atoms with Crippen molar-refractivity contribution in [3.63, 3.8) is 0 Å². The van der Waals surface area contributed by atoms with Gasteiger partial charge in [0.05, 0.1) is 23.5 Å². The van der Waals surface area contributed by atoms with E-state index in [0.717, 1.165) is 23.8 Å². The summed E-state index contributed by atoms with van der Waals surface area (Å²) in [5, 5.41) is 8.54. The predicted molar refractivity (Wildman–Crippen MR) is 94.5 cm³/mol. The van der Waals surface area contributed by atoms with Gasteiger partial charge in [-0.2, -0.15) is 13.2 Å². The maximum Gasteiger partial charge on any atom is 0.416 e. The number of aliphatic carboxylic acids is 1. The van der Waals surface area contributed by atoms with Gasteiger partial charge in [0.2, 0.25) is 10.0 Å². The van der Waals surface area contributed by atoms with Gasteiger partial charge >= 0.3 is 12.1 Å². The number of carbonyl (C=O) groups is 1. The van der Waals surface area contributed by atoms with Crippen LogP contribution >= 0.6 is 0 Å². The Hall–Kier alpha value is -2.59. The smallest absolute Gasteiger partial charge is 0.416 e. The molecule has 2 aromatic carbocycles. The molecule has 0 aromatic heterocycles. The van der Waals surface area contributed by atoms with E-state index in [2.05, 4.69) is 4.72 Å². The van der Waals surface area contributed by atoms with Gasteiger partial charge in [-0.15, -0.1) is 0 Å². The lowest BCUT2D eigenvalue weighted by Gasteiger charge is -2.10. The lowest BCUT2D eigenvalue weighted by atomic mass is 10.1. The van der Waals surface area contributed by atoms with Gasteiger partial charge in [0.15, 0.2) is 0 Å². The molecule has 0 radical (unpaired) electrons. The van der Waals surface area contributed by atoms with E-state index in [4.69, 9.17) is 9.84 Å². The highest BCUT2D eigenvalue weighted by atomic mass is 32.2. The van der Waals surface area contributed by atoms with Crippen LogP contribution in [-0.2, 0) is 27.4 Å². The van der Waals surface area contributed by atoms with Crippen LogP contribution in [0.3, 0.4) is 0 Å². The lowest BCUT2D eigenvalue weighted by molar-refractivity contribution is -0.138. The molecule has 0 spiro atoms. The number of benzene rings is 2. The van der Waals surface area contributed by atoms with Crippen LogP contribution in [0, 0.1) is 0 Å². The summed E-state index contributed by atoms with van der Waals surface area (Å²) in [6.45, 7) is 0.0310. The van der Waals surface area contributed by atoms with Crippen molar-refractivity contribution in [2.24, 2.45) is 0 Å². The van der Waals surface area contributed by atoms with E-state index in [-0.39, 0.29) is 19.6 Å². The Balaban J connectivity index is 1.91. The van der Waals surface area contributed by atoms with Gasteiger partial charge in [0.25, 0.3) is 0 Å². The number of alkyl halides is 3. The number of hydrogen-bond acceptors (Lipinski definition) is 4. The first-order valence-corrected chi connectivity index (χ1v) is 9.67. The van der Waals surface area contributed by atoms with E-state index in [1.807, 2.05) is 0 Å². The van der Waals surface area contributed by atoms with E-state index in [9.17, 15) is 26.4 Å². The number of rotatable bonds is 9. The maximum absolute atomic E-state index is 12.7. The Morgan fingerprint density at radius 3 is 2.39 bits per heavy atom. The van der Waals surface area contributed by atoms with Crippen molar-refractivity contribution in [3.05, 3.63) is 59.7 Å². The summed E-state index contributed by atoms with van der Waals surface area (Å²) < 4.78 is 70.1. The largest absolute Gasteiger partial charge is 0.493 e. The van der Waals surface area contributed by atoms with Gasteiger partial charge in [-0.3, -0.25) is 4.79 Å². The number of nitrogens with one attached hydrogen (secondary N) is 1. The first kappa shape index (κ1) is 21.7. The highest BCUT2D eigenvalue weighted by Gasteiger charge is 2.31. The second-order valence-corrected chi connectivity index (χ2v) is 7.58. The molecule has 6 nitrogen and oxygen atoms in total. The van der Waals surface area contributed by atoms with Gasteiger partial charge in [0, 0.05) is 6.54 Å². The summed E-state index contributed by atoms with van der Waals surface area (Å²) in [5.41, 5.74) is -0.258. The minimum absolute atomic E-state index is 0.00219. The zero-order valence-electron chi connectivity index (χ0n) is 14.6. The fraction of sp³-hybridized carbons (Fsp3) is 0.278. The Labute approximate surface area is 160 Å². The molecule has 152 valence electrons. The normalized spacial score (nSPS) is 12.0. The van der Waals surface area contributed by atoms with Crippen LogP contribution in [-0.4, -0.2) is 32.6 Å². The van der Waals surface area contributed by atoms with Crippen molar-refractivity contribution in [3.8, 4) is 5.75 Å². The molecule has 0 aliphatic heterocycles. The number of ether oxygens (including phenoxy) is 1. The SMILES string of the molecule is O=C(O)CCOc1ccc(CCNS(=O)(=O)c2cccc(C(F)(F)F)c2)cc1. The van der Waals surface area contributed by atoms with Gasteiger partial charge in [-0.05, 0) is 42.3 Å². The number of sulfonamides is 1. The summed E-state index contributed by atoms with van der Waals surface area (Å²) >= 11 is 0. The molecule has 0 amide bonds. The van der Waals surface area contributed by atoms with Gasteiger partial charge in [-0.25, -0.2) is 13.1 Å². The predicted octanol–water partition coefficient (Wildman–Crippen LogP) is 3.08. The number of hydrogen-bond donors (Lipinski definition) is 2. The van der Waals surface area contributed by atoms with Crippen LogP contribution in [0.1, 0.15) is 17.5 Å². The van der Waals surface area contributed by atoms with Crippen molar-refractivity contribution >= 4 is 16.0 Å². The first-order chi connectivity index (χ1) is 13.1. The van der Waals surface area contributed by atoms with Gasteiger partial charge in [0.1, 0.15) is 5.75 Å². The van der Waals surface area contributed by atoms with Crippen LogP contribution < -0.4 is 9.46 Å². The van der Waals surface area contributed by atoms with Gasteiger partial charge in [-0.1, -0.05) is 18.2 Å². The second-order valence-electron chi connectivity index (χ2n) is 5.81. The van der Waals surface area contributed by atoms with Crippen molar-refractivity contribution < 1.29 is 36.2 Å². The second kappa shape index (κ2) is 9.07. The summed E-state index contributed by atoms with van der Waals surface area (Å²) in [7, 11) is -4.07. The van der Waals surface area contributed by atoms with Crippen molar-refractivity contribution in [1.29, 1.82) is 0 Å². The topological polar surface area (TPSA) is 92.7 Å². The molecule has 0 atom stereocenters. The molecule has 0 heterocycles. The van der Waals surface area contributed by atoms with E-state index in [1.165, 1.54) is 0 Å². The molecule has 2 rings (SSSR count). The molecule has 28 heavy (non-hydrogen) atoms. The summed E-state index contributed by atoms with van der Waals surface area (Å²) in [4.78, 5) is 9.97. The highest BCUT2D eigenvalue weighted by Crippen LogP contribution is 2.30. The van der Waals surface area contributed by atoms with Gasteiger partial charge < -0.3 is 9.84 Å². The summed E-state index contributed by atoms with van der Waals surface area (Å²) in [6, 6.07) is 10.2. The van der Waals surface area contributed by atoms with Crippen molar-refractivity contribution in [1.82, 2.24) is 4.72 Å². The summed E-state index contributed by atoms with van der Waals surface area (Å²) in [5.74, 6) is -0.487. The monoisotopic (exact) mass is 417 g/mol. The third kappa shape index (κ3) is 6.54. The van der Waals surface area contributed by atoms with Crippen molar-refractivity contribution in [2.75, 3.05) is 13.2 Å². The minimum atomic E-state index is -4.63. The molecule has 0 unspecified atom stereocenters. The summed E-state index contributed by atoms with van der Waals surface area (Å²) in [6.07, 6.45) is -4.44. The fourth-order valence-corrected chi connectivity index (χ4v) is 3.34. The number of halogens is 3. The van der Waals surface area contributed by atoms with Crippen LogP contribution in [0.4, 0.5) is 13.2 Å². The third-order valence-electron chi connectivity index (χ3n) is 3.69. The van der Waals surface area contributed by atoms with E-state index in [0.29, 0.717) is 18.2 Å². The maximum atomic E-state index is 12.7. The van der Waals surface area contributed by atoms with Crippen LogP contribution in [0.15, 0.2) is 53.4 Å². The lowest BCUT2D eigenvalue weighted by Crippen LogP contribution is -2.26. The molecule has 0 bridgehead atoms. The van der Waals surface area contributed by atoms with E-state index in [1.54, 1.807) is 24.3 Å². The fourth-order valence-electron chi connectivity index (χ4n) is 2.26. The van der Waals surface area contributed by atoms with Crippen LogP contribution in [0.2, 0.25) is 0 Å². The van der Waals surface area contributed by atoms with E-state index >= 15 is 0 Å². The van der Waals surface area contributed by atoms with Crippen molar-refractivity contribution in [2.45, 2.75) is 23.9 Å². The Morgan fingerprint density at radius 1 is 1.11 bits per heavy atom. The zero-order chi connectivity index (χ0) is 20.8. The average Bonchev–Trinajstić information content (AvgIpc) is 2.62. The molecule has 0 aliphatic carbocycles. The third-order valence-corrected chi connectivity index (χ3v) is 5.14. The molecule has 0 aliphatic rings. The van der Waals surface area contributed by atoms with Crippen LogP contribution in [0.25, 0.3) is 0 Å². The molecule has 2 N–H and O–H groups in total. The average molecular weight is 417 g/mol. The van der Waals surface area contributed by atoms with Crippen LogP contribution in [0.5, 0.6) is 5.75 Å². The molecule has 0 saturated heterocycles. The molecule has 2 aromatic rings. The Morgan fingerprint density at radius 2 is 1.79 bits per heavy atom. The molecular formula is C18H18F3NO5S. The molecule has 10 heteroatoms. The van der Waals surface area contributed by atoms with E-state index < -0.39 is 32.6 Å². The number of carboxylic acid groups (broad SMARTS) is 1. The standard InChI is InChI=1S/C18H18F3NO5S/c19-18(20,21)14-2-1-3-16(12-14)28(25,26)22-10-8-13-4-6-15(7-5-13)27-11-9-17(23)24/h1-7,12,22H,8-11H2,(H,23,24). The molecule has 0 saturated carbocycles. The minimum Gasteiger partial charge on any atom is -0.493 e. The molecule has 0 fully saturated rings. The Bertz CT molecular complexity index is 912. The molecular weight excluding hydrogens is 399 g/mol. The quantitative estimate of drug-likeness (QED) is 0.654. The Kier molecular flexibility index (Phi) is 7.03. The zero-order valence-corrected chi connectivity index (χ0v) is 15.4. The highest BCUT2D eigenvalue weighted by molar-refractivity contribution is 7.89. The first-order valence-electron chi connectivity index (χ1n) is 8.18. The number of carboxylic acids is 1.